The van der Waals surface area contributed by atoms with E-state index in [2.05, 4.69) is 4.89 Å². The van der Waals surface area contributed by atoms with E-state index in [0.717, 1.165) is 16.8 Å². The molecule has 2 heterocycles. The van der Waals surface area contributed by atoms with Crippen LogP contribution in [0.1, 0.15) is 12.6 Å². The van der Waals surface area contributed by atoms with Gasteiger partial charge in [-0.3, -0.25) is 14.3 Å². The molecule has 0 unspecified atom stereocenters. The molecule has 1 fully saturated rings. The largest absolute Gasteiger partial charge is 0.387 e. The van der Waals surface area contributed by atoms with E-state index < -0.39 is 41.8 Å². The van der Waals surface area contributed by atoms with Crippen molar-refractivity contribution in [2.45, 2.75) is 30.5 Å². The predicted octanol–water partition coefficient (Wildman–Crippen LogP) is -3.37. The van der Waals surface area contributed by atoms with Crippen LogP contribution in [0.25, 0.3) is 0 Å². The molecule has 0 aliphatic carbocycles. The van der Waals surface area contributed by atoms with E-state index >= 15 is 0 Å². The first-order chi connectivity index (χ1) is 9.21. The van der Waals surface area contributed by atoms with Gasteiger partial charge in [-0.2, -0.15) is 4.89 Å². The lowest BCUT2D eigenvalue weighted by Gasteiger charge is -2.34. The van der Waals surface area contributed by atoms with Gasteiger partial charge >= 0.3 is 11.7 Å². The van der Waals surface area contributed by atoms with Gasteiger partial charge < -0.3 is 25.2 Å². The average molecular weight is 292 g/mol. The Balaban J connectivity index is 2.36. The van der Waals surface area contributed by atoms with Crippen LogP contribution >= 0.6 is 0 Å². The van der Waals surface area contributed by atoms with Gasteiger partial charge in [-0.25, -0.2) is 10.1 Å². The number of aliphatic hydroxyl groups is 4. The number of ether oxygens (including phenoxy) is 1. The highest BCUT2D eigenvalue weighted by molar-refractivity contribution is 4.94. The molecule has 0 spiro atoms. The summed E-state index contributed by atoms with van der Waals surface area (Å²) in [6.45, 7) is 0. The molecule has 0 aromatic carbocycles. The van der Waals surface area contributed by atoms with Gasteiger partial charge in [0.25, 0.3) is 11.3 Å². The maximum Gasteiger partial charge on any atom is 0.365 e. The molecule has 1 saturated heterocycles. The lowest BCUT2D eigenvalue weighted by molar-refractivity contribution is -0.551. The number of aliphatic hydroxyl groups excluding tert-OH is 1. The molecule has 1 aromatic heterocycles. The molecule has 2 rings (SSSR count). The molecule has 0 bridgehead atoms. The van der Waals surface area contributed by atoms with Crippen molar-refractivity contribution in [3.63, 3.8) is 0 Å². The topological polar surface area (TPSA) is 174 Å². The third kappa shape index (κ3) is 2.16. The maximum atomic E-state index is 11.5. The smallest absolute Gasteiger partial charge is 0.365 e. The first kappa shape index (κ1) is 14.8. The Hall–Kier alpha value is -1.60. The zero-order valence-electron chi connectivity index (χ0n) is 9.83. The number of H-pyrrole nitrogens is 1. The highest BCUT2D eigenvalue weighted by Gasteiger charge is 2.63. The van der Waals surface area contributed by atoms with Crippen LogP contribution in [-0.2, 0) is 9.62 Å². The van der Waals surface area contributed by atoms with Crippen LogP contribution in [0, 0.1) is 0 Å². The second-order valence-corrected chi connectivity index (χ2v) is 4.24. The lowest BCUT2D eigenvalue weighted by Crippen LogP contribution is -2.61. The summed E-state index contributed by atoms with van der Waals surface area (Å²) in [4.78, 5) is 27.6. The van der Waals surface area contributed by atoms with Crippen molar-refractivity contribution >= 4 is 0 Å². The van der Waals surface area contributed by atoms with Gasteiger partial charge in [0.2, 0.25) is 0 Å². The fourth-order valence-electron chi connectivity index (χ4n) is 1.87. The Kier molecular flexibility index (Phi) is 3.51. The van der Waals surface area contributed by atoms with E-state index in [1.807, 2.05) is 4.98 Å². The van der Waals surface area contributed by atoms with Crippen molar-refractivity contribution in [1.29, 1.82) is 0 Å². The van der Waals surface area contributed by atoms with Gasteiger partial charge in [-0.15, -0.1) is 0 Å². The number of aromatic amines is 1. The molecular formula is C9H12N2O9. The molecule has 3 atom stereocenters. The number of aromatic nitrogens is 2. The molecule has 6 N–H and O–H groups in total. The molecule has 11 nitrogen and oxygen atoms in total. The van der Waals surface area contributed by atoms with Crippen molar-refractivity contribution in [3.05, 3.63) is 33.1 Å². The predicted molar refractivity (Wildman–Crippen MR) is 57.9 cm³/mol. The fourth-order valence-corrected chi connectivity index (χ4v) is 1.87. The normalized spacial score (nSPS) is 30.6. The SMILES string of the molecule is O=c1ccn([C@H]2C[C@H](O)[C@@](O)(C(O)(O)OO)O2)c(=O)[nH]1. The Morgan fingerprint density at radius 3 is 2.70 bits per heavy atom. The molecule has 1 aliphatic heterocycles. The quantitative estimate of drug-likeness (QED) is 0.189. The minimum absolute atomic E-state index is 0.436. The summed E-state index contributed by atoms with van der Waals surface area (Å²) in [5.74, 6) is -6.71. The molecule has 0 saturated carbocycles. The standard InChI is InChI=1S/C9H12N2O9/c12-4-3-6(11-2-1-5(13)10-7(11)14)19-8(4,15)9(16,17)20-18/h1-2,4,6,12,15-18H,3H2,(H,10,13,14)/t4-,6+,8-/m0/s1. The van der Waals surface area contributed by atoms with Crippen LogP contribution in [-0.4, -0.2) is 53.1 Å². The zero-order chi connectivity index (χ0) is 15.1. The summed E-state index contributed by atoms with van der Waals surface area (Å²) in [7, 11) is 0. The first-order valence-corrected chi connectivity index (χ1v) is 5.38. The van der Waals surface area contributed by atoms with E-state index in [1.165, 1.54) is 0 Å². The molecule has 112 valence electrons. The molecule has 1 aliphatic rings. The average Bonchev–Trinajstić information content (AvgIpc) is 2.67. The zero-order valence-corrected chi connectivity index (χ0v) is 9.83. The van der Waals surface area contributed by atoms with Crippen LogP contribution < -0.4 is 11.2 Å². The van der Waals surface area contributed by atoms with Crippen LogP contribution in [0.4, 0.5) is 0 Å². The van der Waals surface area contributed by atoms with Crippen LogP contribution in [0.3, 0.4) is 0 Å². The van der Waals surface area contributed by atoms with E-state index in [0.29, 0.717) is 0 Å². The van der Waals surface area contributed by atoms with Gasteiger partial charge in [0.1, 0.15) is 12.3 Å². The minimum Gasteiger partial charge on any atom is -0.387 e. The summed E-state index contributed by atoms with van der Waals surface area (Å²) < 4.78 is 5.59. The maximum absolute atomic E-state index is 11.5. The van der Waals surface area contributed by atoms with Crippen LogP contribution in [0.5, 0.6) is 0 Å². The van der Waals surface area contributed by atoms with Gasteiger partial charge in [-0.05, 0) is 0 Å². The minimum atomic E-state index is -3.62. The summed E-state index contributed by atoms with van der Waals surface area (Å²) in [6.07, 6.45) is -2.63. The number of nitrogens with one attached hydrogen (secondary N) is 1. The van der Waals surface area contributed by atoms with Crippen LogP contribution in [0.2, 0.25) is 0 Å². The van der Waals surface area contributed by atoms with Crippen LogP contribution in [0.15, 0.2) is 21.9 Å². The van der Waals surface area contributed by atoms with Crippen molar-refractivity contribution < 1.29 is 35.3 Å². The summed E-state index contributed by atoms with van der Waals surface area (Å²) in [6, 6.07) is 0.988. The van der Waals surface area contributed by atoms with Gasteiger partial charge in [0.15, 0.2) is 0 Å². The Labute approximate surface area is 109 Å². The van der Waals surface area contributed by atoms with E-state index in [4.69, 9.17) is 9.99 Å². The summed E-state index contributed by atoms with van der Waals surface area (Å²) in [5, 5.41) is 46.2. The number of hydrogen-bond acceptors (Lipinski definition) is 9. The van der Waals surface area contributed by atoms with Crippen molar-refractivity contribution in [2.24, 2.45) is 0 Å². The first-order valence-electron chi connectivity index (χ1n) is 5.38. The Bertz CT molecular complexity index is 608. The summed E-state index contributed by atoms with van der Waals surface area (Å²) in [5.41, 5.74) is -1.57. The Morgan fingerprint density at radius 2 is 2.15 bits per heavy atom. The van der Waals surface area contributed by atoms with E-state index in [-0.39, 0.29) is 0 Å². The molecule has 11 heteroatoms. The Morgan fingerprint density at radius 1 is 1.50 bits per heavy atom. The highest BCUT2D eigenvalue weighted by Crippen LogP contribution is 2.40. The van der Waals surface area contributed by atoms with E-state index in [1.54, 1.807) is 0 Å². The third-order valence-corrected chi connectivity index (χ3v) is 2.95. The van der Waals surface area contributed by atoms with E-state index in [9.17, 15) is 30.0 Å². The van der Waals surface area contributed by atoms with Crippen molar-refractivity contribution in [1.82, 2.24) is 9.55 Å². The highest BCUT2D eigenvalue weighted by atomic mass is 17.2. The number of rotatable bonds is 3. The van der Waals surface area contributed by atoms with Gasteiger partial charge in [-0.1, -0.05) is 0 Å². The lowest BCUT2D eigenvalue weighted by atomic mass is 10.1. The molecule has 1 aromatic rings. The number of hydrogen-bond donors (Lipinski definition) is 6. The van der Waals surface area contributed by atoms with Crippen molar-refractivity contribution in [2.75, 3.05) is 0 Å². The molecule has 0 amide bonds. The summed E-state index contributed by atoms with van der Waals surface area (Å²) >= 11 is 0. The number of nitrogens with zero attached hydrogens (tertiary/aromatic N) is 1. The van der Waals surface area contributed by atoms with Gasteiger partial charge in [0, 0.05) is 18.7 Å². The van der Waals surface area contributed by atoms with Crippen molar-refractivity contribution in [3.8, 4) is 0 Å². The second-order valence-electron chi connectivity index (χ2n) is 4.24. The molecular weight excluding hydrogens is 280 g/mol. The second kappa shape index (κ2) is 4.75. The third-order valence-electron chi connectivity index (χ3n) is 2.95. The monoisotopic (exact) mass is 292 g/mol. The fraction of sp³-hybridized carbons (Fsp3) is 0.556. The van der Waals surface area contributed by atoms with Gasteiger partial charge in [0.05, 0.1) is 0 Å². The molecule has 0 radical (unpaired) electrons. The molecule has 20 heavy (non-hydrogen) atoms.